The minimum atomic E-state index is -0.458. The Morgan fingerprint density at radius 1 is 0.941 bits per heavy atom. The van der Waals surface area contributed by atoms with Crippen molar-refractivity contribution in [2.24, 2.45) is 5.73 Å². The van der Waals surface area contributed by atoms with E-state index < -0.39 is 6.03 Å². The number of likely N-dealkylation sites (tertiary alicyclic amines) is 2. The number of urea groups is 1. The molecule has 0 aromatic carbocycles. The van der Waals surface area contributed by atoms with Crippen molar-refractivity contribution in [3.63, 3.8) is 0 Å². The molecule has 0 bridgehead atoms. The van der Waals surface area contributed by atoms with Gasteiger partial charge in [0.15, 0.2) is 0 Å². The molecule has 0 saturated carbocycles. The maximum absolute atomic E-state index is 12.3. The average molecular weight is 239 g/mol. The van der Waals surface area contributed by atoms with E-state index in [2.05, 4.69) is 0 Å². The van der Waals surface area contributed by atoms with E-state index in [-0.39, 0.29) is 11.9 Å². The number of nitrogens with zero attached hydrogens (tertiary/aromatic N) is 2. The number of primary amides is 1. The topological polar surface area (TPSA) is 66.6 Å². The minimum Gasteiger partial charge on any atom is -0.351 e. The van der Waals surface area contributed by atoms with Crippen molar-refractivity contribution in [2.45, 2.75) is 44.6 Å². The molecule has 2 aliphatic rings. The molecule has 2 N–H and O–H groups in total. The largest absolute Gasteiger partial charge is 0.351 e. The molecule has 2 aliphatic heterocycles. The summed E-state index contributed by atoms with van der Waals surface area (Å²) in [5.74, 6) is 0.100. The summed E-state index contributed by atoms with van der Waals surface area (Å²) in [5, 5.41) is 0. The summed E-state index contributed by atoms with van der Waals surface area (Å²) in [5.41, 5.74) is 5.34. The van der Waals surface area contributed by atoms with Gasteiger partial charge in [0, 0.05) is 19.6 Å². The quantitative estimate of drug-likeness (QED) is 0.739. The summed E-state index contributed by atoms with van der Waals surface area (Å²) < 4.78 is 0. The molecule has 0 aromatic rings. The van der Waals surface area contributed by atoms with E-state index in [4.69, 9.17) is 5.73 Å². The molecule has 2 saturated heterocycles. The highest BCUT2D eigenvalue weighted by Crippen LogP contribution is 2.20. The van der Waals surface area contributed by atoms with E-state index in [1.807, 2.05) is 4.90 Å². The Bertz CT molecular complexity index is 300. The molecule has 0 spiro atoms. The second kappa shape index (κ2) is 5.38. The first kappa shape index (κ1) is 12.2. The Balaban J connectivity index is 2.02. The van der Waals surface area contributed by atoms with Crippen LogP contribution >= 0.6 is 0 Å². The van der Waals surface area contributed by atoms with Crippen LogP contribution in [0.5, 0.6) is 0 Å². The van der Waals surface area contributed by atoms with Crippen LogP contribution in [0.3, 0.4) is 0 Å². The second-order valence-corrected chi connectivity index (χ2v) is 4.93. The van der Waals surface area contributed by atoms with Crippen molar-refractivity contribution in [1.29, 1.82) is 0 Å². The predicted octanol–water partition coefficient (Wildman–Crippen LogP) is 0.932. The van der Waals surface area contributed by atoms with E-state index in [0.29, 0.717) is 6.54 Å². The van der Waals surface area contributed by atoms with Crippen LogP contribution in [0.1, 0.15) is 38.5 Å². The lowest BCUT2D eigenvalue weighted by Crippen LogP contribution is -2.55. The SMILES string of the molecule is NC(=O)N1CCCCC1C(=O)N1CCCCC1. The van der Waals surface area contributed by atoms with Crippen LogP contribution < -0.4 is 5.73 Å². The highest BCUT2D eigenvalue weighted by Gasteiger charge is 2.34. The molecule has 17 heavy (non-hydrogen) atoms. The van der Waals surface area contributed by atoms with Crippen LogP contribution in [0, 0.1) is 0 Å². The van der Waals surface area contributed by atoms with Crippen LogP contribution in [0.2, 0.25) is 0 Å². The summed E-state index contributed by atoms with van der Waals surface area (Å²) in [6.45, 7) is 2.30. The molecule has 1 unspecified atom stereocenters. The van der Waals surface area contributed by atoms with Crippen LogP contribution in [-0.4, -0.2) is 47.4 Å². The second-order valence-electron chi connectivity index (χ2n) is 4.93. The zero-order valence-electron chi connectivity index (χ0n) is 10.2. The van der Waals surface area contributed by atoms with Crippen molar-refractivity contribution in [2.75, 3.05) is 19.6 Å². The van der Waals surface area contributed by atoms with E-state index >= 15 is 0 Å². The molecular weight excluding hydrogens is 218 g/mol. The van der Waals surface area contributed by atoms with Crippen LogP contribution in [0.15, 0.2) is 0 Å². The van der Waals surface area contributed by atoms with Crippen LogP contribution in [0.25, 0.3) is 0 Å². The van der Waals surface area contributed by atoms with Gasteiger partial charge in [0.2, 0.25) is 5.91 Å². The molecular formula is C12H21N3O2. The minimum absolute atomic E-state index is 0.100. The zero-order chi connectivity index (χ0) is 12.3. The highest BCUT2D eigenvalue weighted by atomic mass is 16.2. The lowest BCUT2D eigenvalue weighted by molar-refractivity contribution is -0.137. The molecule has 0 aromatic heterocycles. The van der Waals surface area contributed by atoms with Gasteiger partial charge in [0.05, 0.1) is 0 Å². The molecule has 5 heteroatoms. The molecule has 3 amide bonds. The summed E-state index contributed by atoms with van der Waals surface area (Å²) in [4.78, 5) is 27.1. The molecule has 0 aliphatic carbocycles. The number of piperidine rings is 2. The van der Waals surface area contributed by atoms with Crippen molar-refractivity contribution in [3.8, 4) is 0 Å². The summed E-state index contributed by atoms with van der Waals surface area (Å²) >= 11 is 0. The van der Waals surface area contributed by atoms with Crippen LogP contribution in [0.4, 0.5) is 4.79 Å². The van der Waals surface area contributed by atoms with E-state index in [1.54, 1.807) is 4.90 Å². The maximum atomic E-state index is 12.3. The first-order valence-corrected chi connectivity index (χ1v) is 6.55. The third kappa shape index (κ3) is 2.70. The van der Waals surface area contributed by atoms with Crippen LogP contribution in [-0.2, 0) is 4.79 Å². The van der Waals surface area contributed by atoms with Gasteiger partial charge in [-0.3, -0.25) is 4.79 Å². The lowest BCUT2D eigenvalue weighted by atomic mass is 10.00. The smallest absolute Gasteiger partial charge is 0.315 e. The van der Waals surface area contributed by atoms with Gasteiger partial charge in [-0.2, -0.15) is 0 Å². The summed E-state index contributed by atoms with van der Waals surface area (Å²) in [6, 6.07) is -0.764. The number of carbonyl (C=O) groups excluding carboxylic acids is 2. The molecule has 2 heterocycles. The van der Waals surface area contributed by atoms with Gasteiger partial charge in [-0.15, -0.1) is 0 Å². The molecule has 2 rings (SSSR count). The van der Waals surface area contributed by atoms with Gasteiger partial charge >= 0.3 is 6.03 Å². The Kier molecular flexibility index (Phi) is 3.86. The van der Waals surface area contributed by atoms with Crippen molar-refractivity contribution in [1.82, 2.24) is 9.80 Å². The number of carbonyl (C=O) groups is 2. The zero-order valence-corrected chi connectivity index (χ0v) is 10.2. The van der Waals surface area contributed by atoms with E-state index in [1.165, 1.54) is 6.42 Å². The van der Waals surface area contributed by atoms with Gasteiger partial charge in [-0.1, -0.05) is 0 Å². The van der Waals surface area contributed by atoms with Crippen molar-refractivity contribution in [3.05, 3.63) is 0 Å². The maximum Gasteiger partial charge on any atom is 0.315 e. The number of amides is 3. The molecule has 0 radical (unpaired) electrons. The fourth-order valence-electron chi connectivity index (χ4n) is 2.78. The van der Waals surface area contributed by atoms with Gasteiger partial charge in [0.25, 0.3) is 0 Å². The highest BCUT2D eigenvalue weighted by molar-refractivity contribution is 5.86. The molecule has 1 atom stereocenters. The molecule has 2 fully saturated rings. The predicted molar refractivity (Wildman–Crippen MR) is 64.4 cm³/mol. The fraction of sp³-hybridized carbons (Fsp3) is 0.833. The standard InChI is InChI=1S/C12H21N3O2/c13-12(17)15-9-5-2-6-10(15)11(16)14-7-3-1-4-8-14/h10H,1-9H2,(H2,13,17). The Morgan fingerprint density at radius 2 is 1.59 bits per heavy atom. The van der Waals surface area contributed by atoms with Crippen molar-refractivity contribution < 1.29 is 9.59 Å². The Hall–Kier alpha value is -1.26. The van der Waals surface area contributed by atoms with Gasteiger partial charge in [-0.25, -0.2) is 4.79 Å². The first-order chi connectivity index (χ1) is 8.20. The van der Waals surface area contributed by atoms with Crippen molar-refractivity contribution >= 4 is 11.9 Å². The summed E-state index contributed by atoms with van der Waals surface area (Å²) in [6.07, 6.45) is 6.08. The number of nitrogens with two attached hydrogens (primary N) is 1. The first-order valence-electron chi connectivity index (χ1n) is 6.55. The Morgan fingerprint density at radius 3 is 2.24 bits per heavy atom. The number of hydrogen-bond acceptors (Lipinski definition) is 2. The number of hydrogen-bond donors (Lipinski definition) is 1. The van der Waals surface area contributed by atoms with Gasteiger partial charge in [0.1, 0.15) is 6.04 Å². The Labute approximate surface area is 102 Å². The van der Waals surface area contributed by atoms with Gasteiger partial charge in [-0.05, 0) is 38.5 Å². The average Bonchev–Trinajstić information content (AvgIpc) is 2.39. The summed E-state index contributed by atoms with van der Waals surface area (Å²) in [7, 11) is 0. The lowest BCUT2D eigenvalue weighted by Gasteiger charge is -2.37. The van der Waals surface area contributed by atoms with E-state index in [0.717, 1.165) is 45.2 Å². The normalized spacial score (nSPS) is 25.8. The third-order valence-electron chi connectivity index (χ3n) is 3.74. The molecule has 96 valence electrons. The number of rotatable bonds is 1. The monoisotopic (exact) mass is 239 g/mol. The van der Waals surface area contributed by atoms with E-state index in [9.17, 15) is 9.59 Å². The fourth-order valence-corrected chi connectivity index (χ4v) is 2.78. The van der Waals surface area contributed by atoms with Gasteiger partial charge < -0.3 is 15.5 Å². The third-order valence-corrected chi connectivity index (χ3v) is 3.74. The molecule has 5 nitrogen and oxygen atoms in total.